The molecule has 4 aliphatic heterocycles. The first-order valence-electron chi connectivity index (χ1n) is 10.3. The van der Waals surface area contributed by atoms with Gasteiger partial charge in [-0.1, -0.05) is 0 Å². The first-order valence-corrected chi connectivity index (χ1v) is 10.3. The minimum absolute atomic E-state index is 0.00298. The van der Waals surface area contributed by atoms with Crippen molar-refractivity contribution in [2.75, 3.05) is 32.8 Å². The molecule has 10 nitrogen and oxygen atoms in total. The summed E-state index contributed by atoms with van der Waals surface area (Å²) in [5.74, 6) is -0.396. The van der Waals surface area contributed by atoms with E-state index in [9.17, 15) is 19.2 Å². The van der Waals surface area contributed by atoms with E-state index in [1.807, 2.05) is 0 Å². The van der Waals surface area contributed by atoms with Gasteiger partial charge in [0.2, 0.25) is 17.7 Å². The van der Waals surface area contributed by atoms with Crippen LogP contribution in [0.25, 0.3) is 0 Å². The number of likely N-dealkylation sites (tertiary alicyclic amines) is 1. The molecule has 10 heteroatoms. The molecular formula is C19H28N4O6. The highest BCUT2D eigenvalue weighted by molar-refractivity contribution is 5.92. The summed E-state index contributed by atoms with van der Waals surface area (Å²) in [6, 6.07) is -1.35. The topological polar surface area (TPSA) is 119 Å². The predicted molar refractivity (Wildman–Crippen MR) is 100.0 cm³/mol. The fourth-order valence-electron chi connectivity index (χ4n) is 5.21. The molecule has 0 aromatic rings. The predicted octanol–water partition coefficient (Wildman–Crippen LogP) is -0.374. The van der Waals surface area contributed by atoms with Crippen molar-refractivity contribution in [1.29, 1.82) is 0 Å². The van der Waals surface area contributed by atoms with Crippen LogP contribution in [0.15, 0.2) is 0 Å². The summed E-state index contributed by atoms with van der Waals surface area (Å²) in [5, 5.41) is 11.3. The molecule has 4 amide bonds. The lowest BCUT2D eigenvalue weighted by molar-refractivity contribution is -0.196. The second-order valence-electron chi connectivity index (χ2n) is 8.59. The monoisotopic (exact) mass is 408 g/mol. The highest BCUT2D eigenvalue weighted by Crippen LogP contribution is 2.36. The van der Waals surface area contributed by atoms with Crippen LogP contribution in [0.4, 0.5) is 4.79 Å². The molecule has 1 spiro atoms. The van der Waals surface area contributed by atoms with Crippen molar-refractivity contribution in [3.63, 3.8) is 0 Å². The van der Waals surface area contributed by atoms with Gasteiger partial charge < -0.3 is 29.9 Å². The van der Waals surface area contributed by atoms with Crippen molar-refractivity contribution >= 4 is 23.8 Å². The number of amides is 4. The van der Waals surface area contributed by atoms with Crippen LogP contribution in [0, 0.1) is 0 Å². The normalized spacial score (nSPS) is 31.1. The quantitative estimate of drug-likeness (QED) is 0.643. The molecule has 3 atom stereocenters. The maximum Gasteiger partial charge on any atom is 0.405 e. The van der Waals surface area contributed by atoms with Gasteiger partial charge in [-0.3, -0.25) is 14.4 Å². The van der Waals surface area contributed by atoms with E-state index in [1.54, 1.807) is 14.7 Å². The van der Waals surface area contributed by atoms with Crippen molar-refractivity contribution in [2.45, 2.75) is 62.8 Å². The minimum atomic E-state index is -1.22. The number of carbonyl (C=O) groups excluding carboxylic acids is 3. The third kappa shape index (κ3) is 3.65. The van der Waals surface area contributed by atoms with Gasteiger partial charge in [-0.05, 0) is 32.1 Å². The standard InChI is InChI=1S/C19H28N4O6/c1-12(24)21-7-8-29-19(9-21)10-22(11-19)17(26)15-6-5-13-3-2-4-14(20-18(27)28)16(25)23(13)15/h13-15,20H,2-11H2,1H3,(H,27,28)/t13-,14-,15-/m0/s1. The minimum Gasteiger partial charge on any atom is -0.465 e. The fourth-order valence-corrected chi connectivity index (χ4v) is 5.21. The van der Waals surface area contributed by atoms with Crippen LogP contribution in [0.2, 0.25) is 0 Å². The molecule has 0 unspecified atom stereocenters. The Morgan fingerprint density at radius 2 is 1.83 bits per heavy atom. The zero-order valence-corrected chi connectivity index (χ0v) is 16.6. The molecule has 29 heavy (non-hydrogen) atoms. The fraction of sp³-hybridized carbons (Fsp3) is 0.789. The van der Waals surface area contributed by atoms with Crippen LogP contribution < -0.4 is 5.32 Å². The number of carbonyl (C=O) groups is 4. The molecule has 2 N–H and O–H groups in total. The van der Waals surface area contributed by atoms with Gasteiger partial charge in [0.05, 0.1) is 26.2 Å². The number of carboxylic acid groups (broad SMARTS) is 1. The van der Waals surface area contributed by atoms with Gasteiger partial charge in [-0.2, -0.15) is 0 Å². The molecule has 0 aromatic carbocycles. The molecule has 0 radical (unpaired) electrons. The van der Waals surface area contributed by atoms with E-state index in [4.69, 9.17) is 9.84 Å². The molecule has 0 saturated carbocycles. The van der Waals surface area contributed by atoms with Gasteiger partial charge in [0.15, 0.2) is 0 Å². The van der Waals surface area contributed by atoms with Gasteiger partial charge in [0.25, 0.3) is 0 Å². The van der Waals surface area contributed by atoms with Crippen LogP contribution in [0.1, 0.15) is 39.0 Å². The van der Waals surface area contributed by atoms with Crippen molar-refractivity contribution < 1.29 is 29.0 Å². The Hall–Kier alpha value is -2.36. The van der Waals surface area contributed by atoms with E-state index in [2.05, 4.69) is 5.32 Å². The van der Waals surface area contributed by atoms with E-state index in [-0.39, 0.29) is 23.8 Å². The Kier molecular flexibility index (Phi) is 5.14. The zero-order chi connectivity index (χ0) is 20.8. The number of ether oxygens (including phenoxy) is 1. The van der Waals surface area contributed by atoms with Gasteiger partial charge in [0.1, 0.15) is 17.7 Å². The smallest absolute Gasteiger partial charge is 0.405 e. The van der Waals surface area contributed by atoms with Crippen LogP contribution in [0.3, 0.4) is 0 Å². The van der Waals surface area contributed by atoms with Crippen molar-refractivity contribution in [3.8, 4) is 0 Å². The molecule has 4 fully saturated rings. The molecular weight excluding hydrogens is 380 g/mol. The third-order valence-electron chi connectivity index (χ3n) is 6.63. The summed E-state index contributed by atoms with van der Waals surface area (Å²) in [4.78, 5) is 54.0. The average molecular weight is 408 g/mol. The molecule has 0 bridgehead atoms. The van der Waals surface area contributed by atoms with Crippen molar-refractivity contribution in [1.82, 2.24) is 20.0 Å². The second kappa shape index (κ2) is 7.47. The first kappa shape index (κ1) is 19.9. The maximum atomic E-state index is 13.2. The molecule has 4 heterocycles. The summed E-state index contributed by atoms with van der Waals surface area (Å²) in [6.07, 6.45) is 2.13. The van der Waals surface area contributed by atoms with Crippen LogP contribution >= 0.6 is 0 Å². The largest absolute Gasteiger partial charge is 0.465 e. The molecule has 0 aliphatic carbocycles. The lowest BCUT2D eigenvalue weighted by Gasteiger charge is -2.54. The number of morpholine rings is 1. The number of rotatable bonds is 2. The van der Waals surface area contributed by atoms with Crippen LogP contribution in [-0.4, -0.2) is 100 Å². The zero-order valence-electron chi connectivity index (χ0n) is 16.6. The van der Waals surface area contributed by atoms with E-state index in [0.717, 1.165) is 19.3 Å². The summed E-state index contributed by atoms with van der Waals surface area (Å²) in [7, 11) is 0. The number of nitrogens with zero attached hydrogens (tertiary/aromatic N) is 3. The van der Waals surface area contributed by atoms with E-state index in [0.29, 0.717) is 45.6 Å². The Bertz CT molecular complexity index is 721. The molecule has 4 saturated heterocycles. The van der Waals surface area contributed by atoms with Crippen molar-refractivity contribution in [2.24, 2.45) is 0 Å². The maximum absolute atomic E-state index is 13.2. The molecule has 4 aliphatic rings. The highest BCUT2D eigenvalue weighted by Gasteiger charge is 2.53. The van der Waals surface area contributed by atoms with Gasteiger partial charge in [0, 0.05) is 19.5 Å². The Morgan fingerprint density at radius 1 is 1.10 bits per heavy atom. The number of hydrogen-bond donors (Lipinski definition) is 2. The molecule has 0 aromatic heterocycles. The van der Waals surface area contributed by atoms with Crippen LogP contribution in [-0.2, 0) is 19.1 Å². The lowest BCUT2D eigenvalue weighted by atomic mass is 9.90. The number of nitrogens with one attached hydrogen (secondary N) is 1. The first-order chi connectivity index (χ1) is 13.8. The summed E-state index contributed by atoms with van der Waals surface area (Å²) < 4.78 is 5.89. The van der Waals surface area contributed by atoms with Gasteiger partial charge in [-0.15, -0.1) is 0 Å². The second-order valence-corrected chi connectivity index (χ2v) is 8.59. The van der Waals surface area contributed by atoms with Crippen LogP contribution in [0.5, 0.6) is 0 Å². The Morgan fingerprint density at radius 3 is 2.52 bits per heavy atom. The van der Waals surface area contributed by atoms with Crippen molar-refractivity contribution in [3.05, 3.63) is 0 Å². The number of fused-ring (bicyclic) bond motifs is 1. The lowest BCUT2D eigenvalue weighted by Crippen LogP contribution is -2.73. The third-order valence-corrected chi connectivity index (χ3v) is 6.63. The number of hydrogen-bond acceptors (Lipinski definition) is 5. The van der Waals surface area contributed by atoms with Gasteiger partial charge >= 0.3 is 6.09 Å². The Labute approximate surface area is 169 Å². The summed E-state index contributed by atoms with van der Waals surface area (Å²) in [6.45, 7) is 3.86. The summed E-state index contributed by atoms with van der Waals surface area (Å²) >= 11 is 0. The average Bonchev–Trinajstić information content (AvgIpc) is 3.01. The highest BCUT2D eigenvalue weighted by atomic mass is 16.5. The van der Waals surface area contributed by atoms with E-state index >= 15 is 0 Å². The summed E-state index contributed by atoms with van der Waals surface area (Å²) in [5.41, 5.74) is -0.506. The molecule has 4 rings (SSSR count). The Balaban J connectivity index is 1.42. The molecule has 160 valence electrons. The SMILES string of the molecule is CC(=O)N1CCOC2(C1)CN(C(=O)[C@@H]1CC[C@@H]3CCC[C@H](NC(=O)O)C(=O)N31)C2. The van der Waals surface area contributed by atoms with E-state index in [1.165, 1.54) is 6.92 Å². The van der Waals surface area contributed by atoms with Gasteiger partial charge in [-0.25, -0.2) is 4.79 Å². The van der Waals surface area contributed by atoms with E-state index < -0.39 is 23.8 Å².